The molecule has 2 aromatic rings. The minimum atomic E-state index is 0.197. The van der Waals surface area contributed by atoms with E-state index in [-0.39, 0.29) is 6.61 Å². The van der Waals surface area contributed by atoms with Crippen LogP contribution in [0.15, 0.2) is 48.5 Å². The minimum absolute atomic E-state index is 0.197. The number of hydrogen-bond donors (Lipinski definition) is 1. The first-order chi connectivity index (χ1) is 8.70. The maximum absolute atomic E-state index is 8.97. The molecule has 0 aliphatic rings. The van der Waals surface area contributed by atoms with Crippen molar-refractivity contribution in [3.63, 3.8) is 0 Å². The highest BCUT2D eigenvalue weighted by molar-refractivity contribution is 5.66. The van der Waals surface area contributed by atoms with Crippen LogP contribution in [0.4, 0.5) is 5.69 Å². The summed E-state index contributed by atoms with van der Waals surface area (Å²) in [7, 11) is 4.08. The molecule has 0 saturated carbocycles. The first-order valence-corrected chi connectivity index (χ1v) is 6.18. The first-order valence-electron chi connectivity index (χ1n) is 6.18. The van der Waals surface area contributed by atoms with E-state index in [0.717, 1.165) is 0 Å². The fourth-order valence-corrected chi connectivity index (χ4v) is 1.99. The van der Waals surface area contributed by atoms with Crippen LogP contribution in [0.2, 0.25) is 0 Å². The Morgan fingerprint density at radius 1 is 0.944 bits per heavy atom. The van der Waals surface area contributed by atoms with Gasteiger partial charge in [-0.05, 0) is 35.2 Å². The lowest BCUT2D eigenvalue weighted by molar-refractivity contribution is 0.299. The summed E-state index contributed by atoms with van der Waals surface area (Å²) < 4.78 is 0. The van der Waals surface area contributed by atoms with Crippen molar-refractivity contribution in [2.45, 2.75) is 6.42 Å². The second kappa shape index (κ2) is 5.69. The molecule has 2 rings (SSSR count). The van der Waals surface area contributed by atoms with E-state index in [1.165, 1.54) is 22.4 Å². The predicted molar refractivity (Wildman–Crippen MR) is 77.0 cm³/mol. The molecule has 0 aromatic heterocycles. The molecule has 0 bridgehead atoms. The van der Waals surface area contributed by atoms with E-state index in [2.05, 4.69) is 41.3 Å². The largest absolute Gasteiger partial charge is 0.396 e. The van der Waals surface area contributed by atoms with Gasteiger partial charge in [-0.1, -0.05) is 36.4 Å². The summed E-state index contributed by atoms with van der Waals surface area (Å²) in [5.74, 6) is 0. The van der Waals surface area contributed by atoms with Crippen molar-refractivity contribution >= 4 is 5.69 Å². The maximum atomic E-state index is 8.97. The Morgan fingerprint density at radius 3 is 2.28 bits per heavy atom. The lowest BCUT2D eigenvalue weighted by atomic mass is 10.0. The van der Waals surface area contributed by atoms with Crippen molar-refractivity contribution in [2.75, 3.05) is 25.6 Å². The standard InChI is InChI=1S/C16H19NO/c1-17(2)16-8-6-14(7-9-16)15-5-3-4-13(12-15)10-11-18/h3-9,12,18H,10-11H2,1-2H3. The van der Waals surface area contributed by atoms with Crippen LogP contribution in [-0.4, -0.2) is 25.8 Å². The third-order valence-electron chi connectivity index (χ3n) is 3.04. The molecule has 94 valence electrons. The van der Waals surface area contributed by atoms with Crippen molar-refractivity contribution < 1.29 is 5.11 Å². The van der Waals surface area contributed by atoms with Gasteiger partial charge in [-0.25, -0.2) is 0 Å². The van der Waals surface area contributed by atoms with Crippen LogP contribution in [0.5, 0.6) is 0 Å². The number of aliphatic hydroxyl groups excluding tert-OH is 1. The van der Waals surface area contributed by atoms with Crippen LogP contribution in [0.1, 0.15) is 5.56 Å². The van der Waals surface area contributed by atoms with Gasteiger partial charge in [-0.15, -0.1) is 0 Å². The highest BCUT2D eigenvalue weighted by Crippen LogP contribution is 2.23. The van der Waals surface area contributed by atoms with Crippen LogP contribution in [0, 0.1) is 0 Å². The van der Waals surface area contributed by atoms with Gasteiger partial charge in [0.15, 0.2) is 0 Å². The van der Waals surface area contributed by atoms with Gasteiger partial charge in [0, 0.05) is 26.4 Å². The highest BCUT2D eigenvalue weighted by atomic mass is 16.2. The van der Waals surface area contributed by atoms with Gasteiger partial charge in [0.25, 0.3) is 0 Å². The molecule has 0 spiro atoms. The fourth-order valence-electron chi connectivity index (χ4n) is 1.99. The molecule has 2 nitrogen and oxygen atoms in total. The molecule has 0 aliphatic carbocycles. The van der Waals surface area contributed by atoms with Crippen molar-refractivity contribution in [1.82, 2.24) is 0 Å². The molecule has 0 heterocycles. The zero-order chi connectivity index (χ0) is 13.0. The van der Waals surface area contributed by atoms with E-state index >= 15 is 0 Å². The quantitative estimate of drug-likeness (QED) is 0.889. The number of aliphatic hydroxyl groups is 1. The van der Waals surface area contributed by atoms with E-state index in [0.29, 0.717) is 6.42 Å². The Kier molecular flexibility index (Phi) is 4.00. The molecule has 0 atom stereocenters. The van der Waals surface area contributed by atoms with Gasteiger partial charge in [0.05, 0.1) is 0 Å². The summed E-state index contributed by atoms with van der Waals surface area (Å²) in [6, 6.07) is 16.8. The average Bonchev–Trinajstić information content (AvgIpc) is 2.39. The van der Waals surface area contributed by atoms with Gasteiger partial charge in [0.2, 0.25) is 0 Å². The van der Waals surface area contributed by atoms with E-state index < -0.39 is 0 Å². The zero-order valence-electron chi connectivity index (χ0n) is 10.9. The average molecular weight is 241 g/mol. The van der Waals surface area contributed by atoms with Gasteiger partial charge in [-0.3, -0.25) is 0 Å². The summed E-state index contributed by atoms with van der Waals surface area (Å²) in [6.07, 6.45) is 0.712. The van der Waals surface area contributed by atoms with Crippen LogP contribution in [0.3, 0.4) is 0 Å². The van der Waals surface area contributed by atoms with Crippen molar-refractivity contribution in [2.24, 2.45) is 0 Å². The fraction of sp³-hybridized carbons (Fsp3) is 0.250. The number of benzene rings is 2. The van der Waals surface area contributed by atoms with Crippen molar-refractivity contribution in [3.8, 4) is 11.1 Å². The topological polar surface area (TPSA) is 23.5 Å². The summed E-state index contributed by atoms with van der Waals surface area (Å²) in [4.78, 5) is 2.09. The maximum Gasteiger partial charge on any atom is 0.0471 e. The molecular formula is C16H19NO. The Labute approximate surface area is 109 Å². The first kappa shape index (κ1) is 12.7. The number of rotatable bonds is 4. The second-order valence-electron chi connectivity index (χ2n) is 4.62. The molecule has 2 heteroatoms. The van der Waals surface area contributed by atoms with E-state index in [1.54, 1.807) is 0 Å². The summed E-state index contributed by atoms with van der Waals surface area (Å²) in [6.45, 7) is 0.197. The normalized spacial score (nSPS) is 10.4. The number of nitrogens with zero attached hydrogens (tertiary/aromatic N) is 1. The van der Waals surface area contributed by atoms with E-state index in [1.807, 2.05) is 26.2 Å². The van der Waals surface area contributed by atoms with Crippen LogP contribution < -0.4 is 4.90 Å². The highest BCUT2D eigenvalue weighted by Gasteiger charge is 2.00. The number of anilines is 1. The molecule has 0 unspecified atom stereocenters. The minimum Gasteiger partial charge on any atom is -0.396 e. The molecule has 0 aliphatic heterocycles. The monoisotopic (exact) mass is 241 g/mol. The summed E-state index contributed by atoms with van der Waals surface area (Å²) in [5.41, 5.74) is 4.78. The third kappa shape index (κ3) is 2.90. The molecule has 2 aromatic carbocycles. The summed E-state index contributed by atoms with van der Waals surface area (Å²) >= 11 is 0. The van der Waals surface area contributed by atoms with Crippen LogP contribution in [0.25, 0.3) is 11.1 Å². The van der Waals surface area contributed by atoms with Gasteiger partial charge in [-0.2, -0.15) is 0 Å². The van der Waals surface area contributed by atoms with Gasteiger partial charge in [0.1, 0.15) is 0 Å². The SMILES string of the molecule is CN(C)c1ccc(-c2cccc(CCO)c2)cc1. The lowest BCUT2D eigenvalue weighted by Gasteiger charge is -2.13. The second-order valence-corrected chi connectivity index (χ2v) is 4.62. The molecular weight excluding hydrogens is 222 g/mol. The van der Waals surface area contributed by atoms with Gasteiger partial charge >= 0.3 is 0 Å². The van der Waals surface area contributed by atoms with E-state index in [9.17, 15) is 0 Å². The molecule has 0 fully saturated rings. The number of hydrogen-bond acceptors (Lipinski definition) is 2. The Bertz CT molecular complexity index is 503. The Balaban J connectivity index is 2.27. The molecule has 0 amide bonds. The predicted octanol–water partition coefficient (Wildman–Crippen LogP) is 2.95. The van der Waals surface area contributed by atoms with Crippen molar-refractivity contribution in [1.29, 1.82) is 0 Å². The Hall–Kier alpha value is -1.80. The zero-order valence-corrected chi connectivity index (χ0v) is 10.9. The summed E-state index contributed by atoms with van der Waals surface area (Å²) in [5, 5.41) is 8.97. The smallest absolute Gasteiger partial charge is 0.0471 e. The molecule has 18 heavy (non-hydrogen) atoms. The van der Waals surface area contributed by atoms with Crippen LogP contribution in [-0.2, 0) is 6.42 Å². The Morgan fingerprint density at radius 2 is 1.67 bits per heavy atom. The van der Waals surface area contributed by atoms with E-state index in [4.69, 9.17) is 5.11 Å². The molecule has 0 radical (unpaired) electrons. The van der Waals surface area contributed by atoms with Gasteiger partial charge < -0.3 is 10.0 Å². The lowest BCUT2D eigenvalue weighted by Crippen LogP contribution is -2.07. The van der Waals surface area contributed by atoms with Crippen molar-refractivity contribution in [3.05, 3.63) is 54.1 Å². The molecule has 0 saturated heterocycles. The molecule has 1 N–H and O–H groups in total. The third-order valence-corrected chi connectivity index (χ3v) is 3.04. The van der Waals surface area contributed by atoms with Crippen LogP contribution >= 0.6 is 0 Å².